The molecule has 38 heavy (non-hydrogen) atoms. The highest BCUT2D eigenvalue weighted by molar-refractivity contribution is 7.81. The summed E-state index contributed by atoms with van der Waals surface area (Å²) in [7, 11) is 0. The molecule has 2 amide bonds. The van der Waals surface area contributed by atoms with Gasteiger partial charge in [-0.1, -0.05) is 78.3 Å². The average molecular weight is 544 g/mol. The number of amides is 2. The zero-order valence-electron chi connectivity index (χ0n) is 20.3. The second kappa shape index (κ2) is 11.4. The Kier molecular flexibility index (Phi) is 7.81. The Morgan fingerprint density at radius 2 is 1.66 bits per heavy atom. The third-order valence-corrected chi connectivity index (χ3v) is 7.46. The zero-order valence-corrected chi connectivity index (χ0v) is 22.0. The first-order chi connectivity index (χ1) is 18.5. The standard InChI is InChI=1S/C30H26ClN3O3S/c31-25-16-21(33-28(36)23-12-6-5-11-22(23)19-8-2-1-3-9-19)14-15-24(25)29(37)34-27-13-7-4-10-20(27)17-32-26(18-35)30(34)38/h1-16,26,30,32,35,38H,17-18H2,(H,33,36)/t26-,30?/m1/s1. The molecule has 6 nitrogen and oxygen atoms in total. The van der Waals surface area contributed by atoms with Crippen LogP contribution >= 0.6 is 24.2 Å². The topological polar surface area (TPSA) is 81.7 Å². The van der Waals surface area contributed by atoms with Crippen LogP contribution in [0.25, 0.3) is 11.1 Å². The van der Waals surface area contributed by atoms with E-state index < -0.39 is 11.4 Å². The van der Waals surface area contributed by atoms with E-state index in [4.69, 9.17) is 11.6 Å². The number of benzene rings is 4. The van der Waals surface area contributed by atoms with Crippen molar-refractivity contribution >= 4 is 47.4 Å². The number of carbonyl (C=O) groups is 2. The van der Waals surface area contributed by atoms with Gasteiger partial charge < -0.3 is 15.7 Å². The summed E-state index contributed by atoms with van der Waals surface area (Å²) in [6.07, 6.45) is 0. The van der Waals surface area contributed by atoms with Gasteiger partial charge in [-0.3, -0.25) is 14.5 Å². The smallest absolute Gasteiger partial charge is 0.260 e. The molecule has 1 unspecified atom stereocenters. The Morgan fingerprint density at radius 1 is 0.947 bits per heavy atom. The molecule has 4 aromatic rings. The van der Waals surface area contributed by atoms with Crippen molar-refractivity contribution in [3.8, 4) is 11.1 Å². The summed E-state index contributed by atoms with van der Waals surface area (Å²) >= 11 is 11.3. The number of nitrogens with one attached hydrogen (secondary N) is 2. The molecule has 3 N–H and O–H groups in total. The van der Waals surface area contributed by atoms with Crippen LogP contribution < -0.4 is 15.5 Å². The van der Waals surface area contributed by atoms with Gasteiger partial charge in [-0.25, -0.2) is 0 Å². The number of aliphatic hydroxyl groups excluding tert-OH is 1. The lowest BCUT2D eigenvalue weighted by molar-refractivity contribution is 0.0977. The van der Waals surface area contributed by atoms with Crippen LogP contribution in [0.2, 0.25) is 5.02 Å². The molecule has 0 aliphatic carbocycles. The summed E-state index contributed by atoms with van der Waals surface area (Å²) in [6.45, 7) is 0.306. The van der Waals surface area contributed by atoms with E-state index in [1.807, 2.05) is 72.8 Å². The van der Waals surface area contributed by atoms with Crippen LogP contribution in [0.3, 0.4) is 0 Å². The van der Waals surface area contributed by atoms with Crippen LogP contribution in [-0.4, -0.2) is 34.9 Å². The molecule has 2 atom stereocenters. The van der Waals surface area contributed by atoms with Crippen LogP contribution in [-0.2, 0) is 6.54 Å². The molecule has 0 bridgehead atoms. The fraction of sp³-hybridized carbons (Fsp3) is 0.133. The molecule has 0 spiro atoms. The number of aliphatic hydroxyl groups is 1. The van der Waals surface area contributed by atoms with Crippen LogP contribution in [0.1, 0.15) is 26.3 Å². The second-order valence-corrected chi connectivity index (χ2v) is 9.88. The fourth-order valence-corrected chi connectivity index (χ4v) is 5.29. The molecule has 4 aromatic carbocycles. The summed E-state index contributed by atoms with van der Waals surface area (Å²) < 4.78 is 0. The first kappa shape index (κ1) is 26.0. The van der Waals surface area contributed by atoms with Crippen molar-refractivity contribution in [3.05, 3.63) is 119 Å². The molecule has 0 saturated carbocycles. The minimum absolute atomic E-state index is 0.185. The number of nitrogens with zero attached hydrogens (tertiary/aromatic N) is 1. The largest absolute Gasteiger partial charge is 0.395 e. The maximum atomic E-state index is 13.8. The van der Waals surface area contributed by atoms with Crippen molar-refractivity contribution in [2.75, 3.05) is 16.8 Å². The predicted octanol–water partition coefficient (Wildman–Crippen LogP) is 5.63. The van der Waals surface area contributed by atoms with Crippen LogP contribution in [0, 0.1) is 0 Å². The molecule has 192 valence electrons. The third-order valence-electron chi connectivity index (χ3n) is 6.56. The van der Waals surface area contributed by atoms with Gasteiger partial charge in [0.15, 0.2) is 0 Å². The van der Waals surface area contributed by atoms with Crippen molar-refractivity contribution < 1.29 is 14.7 Å². The quantitative estimate of drug-likeness (QED) is 0.246. The highest BCUT2D eigenvalue weighted by atomic mass is 35.5. The van der Waals surface area contributed by atoms with Crippen molar-refractivity contribution in [3.63, 3.8) is 0 Å². The van der Waals surface area contributed by atoms with Crippen LogP contribution in [0.5, 0.6) is 0 Å². The van der Waals surface area contributed by atoms with E-state index in [0.29, 0.717) is 23.5 Å². The minimum Gasteiger partial charge on any atom is -0.395 e. The number of rotatable bonds is 5. The van der Waals surface area contributed by atoms with Gasteiger partial charge in [-0.05, 0) is 47.0 Å². The lowest BCUT2D eigenvalue weighted by Crippen LogP contribution is -2.49. The first-order valence-corrected chi connectivity index (χ1v) is 13.1. The minimum atomic E-state index is -0.624. The second-order valence-electron chi connectivity index (χ2n) is 8.95. The fourth-order valence-electron chi connectivity index (χ4n) is 4.60. The van der Waals surface area contributed by atoms with Gasteiger partial charge in [0.25, 0.3) is 11.8 Å². The molecular weight excluding hydrogens is 518 g/mol. The van der Waals surface area contributed by atoms with E-state index in [1.54, 1.807) is 29.2 Å². The highest BCUT2D eigenvalue weighted by Gasteiger charge is 2.34. The zero-order chi connectivity index (χ0) is 26.6. The van der Waals surface area contributed by atoms with Gasteiger partial charge in [0.1, 0.15) is 0 Å². The normalized spacial score (nSPS) is 16.9. The van der Waals surface area contributed by atoms with Crippen molar-refractivity contribution in [2.45, 2.75) is 18.0 Å². The number of carbonyl (C=O) groups excluding carboxylic acids is 2. The van der Waals surface area contributed by atoms with Gasteiger partial charge in [0.2, 0.25) is 0 Å². The Bertz CT molecular complexity index is 1480. The summed E-state index contributed by atoms with van der Waals surface area (Å²) in [5, 5.41) is 15.6. The molecule has 5 rings (SSSR count). The Hall–Kier alpha value is -3.62. The summed E-state index contributed by atoms with van der Waals surface area (Å²) in [6, 6.07) is 29.0. The summed E-state index contributed by atoms with van der Waals surface area (Å²) in [4.78, 5) is 28.5. The van der Waals surface area contributed by atoms with Gasteiger partial charge in [-0.2, -0.15) is 12.6 Å². The third kappa shape index (κ3) is 5.19. The molecule has 1 aliphatic rings. The molecular formula is C30H26ClN3O3S. The van der Waals surface area contributed by atoms with Gasteiger partial charge in [-0.15, -0.1) is 0 Å². The van der Waals surface area contributed by atoms with Gasteiger partial charge in [0, 0.05) is 23.5 Å². The van der Waals surface area contributed by atoms with E-state index in [-0.39, 0.29) is 29.0 Å². The molecule has 1 aliphatic heterocycles. The Balaban J connectivity index is 1.42. The van der Waals surface area contributed by atoms with Gasteiger partial charge in [0.05, 0.1) is 28.6 Å². The van der Waals surface area contributed by atoms with E-state index in [1.165, 1.54) is 0 Å². The van der Waals surface area contributed by atoms with E-state index in [0.717, 1.165) is 16.7 Å². The van der Waals surface area contributed by atoms with Crippen molar-refractivity contribution in [1.29, 1.82) is 0 Å². The average Bonchev–Trinajstić information content (AvgIpc) is 3.08. The number of halogens is 1. The molecule has 0 radical (unpaired) electrons. The number of hydrogen-bond donors (Lipinski definition) is 4. The SMILES string of the molecule is O=C(Nc1ccc(C(=O)N2c3ccccc3CN[C@H](CO)C2S)c(Cl)c1)c1ccccc1-c1ccccc1. The number of para-hydroxylation sites is 1. The number of fused-ring (bicyclic) bond motifs is 1. The number of hydrogen-bond acceptors (Lipinski definition) is 5. The lowest BCUT2D eigenvalue weighted by Gasteiger charge is -2.32. The predicted molar refractivity (Wildman–Crippen MR) is 155 cm³/mol. The highest BCUT2D eigenvalue weighted by Crippen LogP contribution is 2.32. The maximum Gasteiger partial charge on any atom is 0.260 e. The van der Waals surface area contributed by atoms with Crippen molar-refractivity contribution in [2.24, 2.45) is 0 Å². The monoisotopic (exact) mass is 543 g/mol. The maximum absolute atomic E-state index is 13.8. The van der Waals surface area contributed by atoms with Gasteiger partial charge >= 0.3 is 0 Å². The molecule has 1 heterocycles. The van der Waals surface area contributed by atoms with Crippen molar-refractivity contribution in [1.82, 2.24) is 5.32 Å². The number of thiol groups is 1. The van der Waals surface area contributed by atoms with E-state index in [2.05, 4.69) is 23.3 Å². The van der Waals surface area contributed by atoms with Crippen LogP contribution in [0.4, 0.5) is 11.4 Å². The molecule has 0 fully saturated rings. The molecule has 0 aromatic heterocycles. The lowest BCUT2D eigenvalue weighted by atomic mass is 9.99. The Labute approximate surface area is 231 Å². The number of anilines is 2. The van der Waals surface area contributed by atoms with Crippen LogP contribution in [0.15, 0.2) is 97.1 Å². The van der Waals surface area contributed by atoms with E-state index in [9.17, 15) is 14.7 Å². The first-order valence-electron chi connectivity index (χ1n) is 12.2. The summed E-state index contributed by atoms with van der Waals surface area (Å²) in [5.74, 6) is -0.634. The van der Waals surface area contributed by atoms with E-state index >= 15 is 0 Å². The summed E-state index contributed by atoms with van der Waals surface area (Å²) in [5.41, 5.74) is 4.62. The molecule has 8 heteroatoms. The Morgan fingerprint density at radius 3 is 2.42 bits per heavy atom. The molecule has 0 saturated heterocycles.